The molecule has 0 saturated heterocycles. The van der Waals surface area contributed by atoms with E-state index in [1.54, 1.807) is 0 Å². The van der Waals surface area contributed by atoms with Crippen LogP contribution in [0.1, 0.15) is 0 Å². The van der Waals surface area contributed by atoms with Crippen LogP contribution in [0, 0.1) is 0 Å². The van der Waals surface area contributed by atoms with Crippen molar-refractivity contribution < 1.29 is 0 Å². The Bertz CT molecular complexity index is 2920. The molecule has 2 heterocycles. The third-order valence-corrected chi connectivity index (χ3v) is 10.2. The molecule has 0 amide bonds. The van der Waals surface area contributed by atoms with Gasteiger partial charge in [-0.15, -0.1) is 0 Å². The fourth-order valence-electron chi connectivity index (χ4n) is 8.06. The Morgan fingerprint density at radius 1 is 0.420 bits per heavy atom. The van der Waals surface area contributed by atoms with Gasteiger partial charge in [-0.05, 0) is 95.0 Å². The second-order valence-corrected chi connectivity index (χ2v) is 13.0. The Morgan fingerprint density at radius 2 is 0.980 bits per heavy atom. The predicted molar refractivity (Wildman–Crippen MR) is 208 cm³/mol. The number of fused-ring (bicyclic) bond motifs is 9. The van der Waals surface area contributed by atoms with Crippen molar-refractivity contribution in [1.82, 2.24) is 14.5 Å². The lowest BCUT2D eigenvalue weighted by Gasteiger charge is -2.25. The Kier molecular flexibility index (Phi) is 5.63. The van der Waals surface area contributed by atoms with Crippen LogP contribution in [0.25, 0.3) is 82.6 Å². The zero-order valence-electron chi connectivity index (χ0n) is 27.0. The van der Waals surface area contributed by atoms with Crippen molar-refractivity contribution in [1.29, 1.82) is 0 Å². The van der Waals surface area contributed by atoms with Gasteiger partial charge < -0.3 is 9.47 Å². The van der Waals surface area contributed by atoms with Crippen LogP contribution in [-0.2, 0) is 0 Å². The molecule has 10 aromatic rings. The van der Waals surface area contributed by atoms with Crippen molar-refractivity contribution in [2.75, 3.05) is 4.90 Å². The Balaban J connectivity index is 1.21. The summed E-state index contributed by atoms with van der Waals surface area (Å²) in [5, 5.41) is 7.29. The molecule has 0 bridgehead atoms. The zero-order valence-corrected chi connectivity index (χ0v) is 27.0. The van der Waals surface area contributed by atoms with Gasteiger partial charge in [0.1, 0.15) is 0 Å². The molecule has 0 unspecified atom stereocenters. The first-order chi connectivity index (χ1) is 24.8. The topological polar surface area (TPSA) is 34.0 Å². The van der Waals surface area contributed by atoms with E-state index in [0.717, 1.165) is 56.3 Å². The van der Waals surface area contributed by atoms with Crippen LogP contribution in [-0.4, -0.2) is 14.5 Å². The summed E-state index contributed by atoms with van der Waals surface area (Å²) in [5.74, 6) is 0. The molecule has 0 N–H and O–H groups in total. The van der Waals surface area contributed by atoms with Gasteiger partial charge in [0.2, 0.25) is 0 Å². The van der Waals surface area contributed by atoms with E-state index in [-0.39, 0.29) is 0 Å². The molecule has 0 aliphatic heterocycles. The lowest BCUT2D eigenvalue weighted by Crippen LogP contribution is -2.09. The van der Waals surface area contributed by atoms with Crippen molar-refractivity contribution >= 4 is 71.4 Å². The minimum Gasteiger partial charge on any atom is -0.311 e. The molecule has 0 fully saturated rings. The molecular weight excluding hydrogens is 609 g/mol. The molecule has 0 radical (unpaired) electrons. The molecule has 8 aromatic carbocycles. The fourth-order valence-corrected chi connectivity index (χ4v) is 8.06. The number of benzene rings is 8. The molecule has 4 nitrogen and oxygen atoms in total. The Labute approximate surface area is 288 Å². The summed E-state index contributed by atoms with van der Waals surface area (Å²) in [6, 6.07) is 60.6. The first-order valence-corrected chi connectivity index (χ1v) is 17.0. The normalized spacial score (nSPS) is 12.0. The van der Waals surface area contributed by atoms with E-state index < -0.39 is 0 Å². The average molecular weight is 637 g/mol. The van der Waals surface area contributed by atoms with E-state index in [1.165, 1.54) is 43.4 Å². The smallest absolute Gasteiger partial charge is 0.0986 e. The van der Waals surface area contributed by atoms with Gasteiger partial charge in [0.25, 0.3) is 0 Å². The summed E-state index contributed by atoms with van der Waals surface area (Å²) in [6.07, 6.45) is 0. The summed E-state index contributed by atoms with van der Waals surface area (Å²) < 4.78 is 2.44. The molecule has 0 spiro atoms. The molecule has 4 heteroatoms. The third kappa shape index (κ3) is 3.87. The summed E-state index contributed by atoms with van der Waals surface area (Å²) in [6.45, 7) is 0. The van der Waals surface area contributed by atoms with Crippen LogP contribution < -0.4 is 4.90 Å². The van der Waals surface area contributed by atoms with Gasteiger partial charge in [-0.25, -0.2) is 9.97 Å². The van der Waals surface area contributed by atoms with E-state index in [1.807, 2.05) is 12.1 Å². The van der Waals surface area contributed by atoms with Gasteiger partial charge in [-0.2, -0.15) is 0 Å². The van der Waals surface area contributed by atoms with Crippen molar-refractivity contribution in [2.24, 2.45) is 0 Å². The highest BCUT2D eigenvalue weighted by Gasteiger charge is 2.30. The van der Waals surface area contributed by atoms with Gasteiger partial charge in [0.15, 0.2) is 0 Å². The molecule has 50 heavy (non-hydrogen) atoms. The summed E-state index contributed by atoms with van der Waals surface area (Å²) in [4.78, 5) is 12.8. The number of rotatable bonds is 4. The highest BCUT2D eigenvalue weighted by Crippen LogP contribution is 2.52. The zero-order chi connectivity index (χ0) is 32.8. The molecular formula is C46H28N4. The highest BCUT2D eigenvalue weighted by molar-refractivity contribution is 6.29. The quantitative estimate of drug-likeness (QED) is 0.193. The van der Waals surface area contributed by atoms with Crippen LogP contribution in [0.4, 0.5) is 17.1 Å². The number of hydrogen-bond acceptors (Lipinski definition) is 3. The summed E-state index contributed by atoms with van der Waals surface area (Å²) in [5.41, 5.74) is 12.9. The molecule has 11 rings (SSSR count). The van der Waals surface area contributed by atoms with Gasteiger partial charge in [-0.3, -0.25) is 0 Å². The van der Waals surface area contributed by atoms with Crippen molar-refractivity contribution in [3.63, 3.8) is 0 Å². The fraction of sp³-hybridized carbons (Fsp3) is 0. The van der Waals surface area contributed by atoms with Gasteiger partial charge >= 0.3 is 0 Å². The second kappa shape index (κ2) is 10.4. The highest BCUT2D eigenvalue weighted by atomic mass is 15.1. The number of aromatic nitrogens is 3. The molecule has 232 valence electrons. The van der Waals surface area contributed by atoms with Gasteiger partial charge in [0, 0.05) is 50.0 Å². The molecule has 0 saturated carbocycles. The van der Waals surface area contributed by atoms with E-state index >= 15 is 0 Å². The van der Waals surface area contributed by atoms with Crippen LogP contribution in [0.3, 0.4) is 0 Å². The lowest BCUT2D eigenvalue weighted by atomic mass is 9.98. The van der Waals surface area contributed by atoms with Crippen LogP contribution in [0.2, 0.25) is 0 Å². The van der Waals surface area contributed by atoms with E-state index in [9.17, 15) is 0 Å². The number of para-hydroxylation sites is 4. The standard InChI is InChI=1S/C46H28N4/c1-3-15-32(16-4-1)49(33-17-5-2-6-18-33)34-22-24-35(25-23-34)50-40-27-30-13-8-7-12-29(30)26-37(40)43-41(50)28-31-14-11-19-36-42(31)44(43)46-45(36)47-38-20-9-10-21-39(38)48-46/h1-28H. The summed E-state index contributed by atoms with van der Waals surface area (Å²) >= 11 is 0. The van der Waals surface area contributed by atoms with Crippen molar-refractivity contribution in [3.05, 3.63) is 170 Å². The molecule has 2 aromatic heterocycles. The maximum Gasteiger partial charge on any atom is 0.0986 e. The number of hydrogen-bond donors (Lipinski definition) is 0. The van der Waals surface area contributed by atoms with Crippen molar-refractivity contribution in [3.8, 4) is 28.2 Å². The number of anilines is 3. The van der Waals surface area contributed by atoms with E-state index in [2.05, 4.69) is 167 Å². The van der Waals surface area contributed by atoms with Crippen molar-refractivity contribution in [2.45, 2.75) is 0 Å². The van der Waals surface area contributed by atoms with Crippen LogP contribution >= 0.6 is 0 Å². The maximum atomic E-state index is 5.31. The monoisotopic (exact) mass is 636 g/mol. The van der Waals surface area contributed by atoms with Gasteiger partial charge in [0.05, 0.1) is 33.5 Å². The number of nitrogens with zero attached hydrogens (tertiary/aromatic N) is 4. The maximum absolute atomic E-state index is 5.31. The second-order valence-electron chi connectivity index (χ2n) is 13.0. The predicted octanol–water partition coefficient (Wildman–Crippen LogP) is 12.2. The van der Waals surface area contributed by atoms with E-state index in [4.69, 9.17) is 9.97 Å². The van der Waals surface area contributed by atoms with E-state index in [0.29, 0.717) is 0 Å². The first kappa shape index (κ1) is 27.2. The molecule has 0 atom stereocenters. The van der Waals surface area contributed by atoms with Crippen LogP contribution in [0.5, 0.6) is 0 Å². The largest absolute Gasteiger partial charge is 0.311 e. The summed E-state index contributed by atoms with van der Waals surface area (Å²) in [7, 11) is 0. The van der Waals surface area contributed by atoms with Crippen LogP contribution in [0.15, 0.2) is 170 Å². The lowest BCUT2D eigenvalue weighted by molar-refractivity contribution is 1.18. The minimum atomic E-state index is 0.912. The minimum absolute atomic E-state index is 0.912. The molecule has 1 aliphatic rings. The first-order valence-electron chi connectivity index (χ1n) is 17.0. The Hall–Kier alpha value is -6.78. The third-order valence-electron chi connectivity index (χ3n) is 10.2. The Morgan fingerprint density at radius 3 is 1.68 bits per heavy atom. The average Bonchev–Trinajstić information content (AvgIpc) is 3.66. The van der Waals surface area contributed by atoms with Gasteiger partial charge in [-0.1, -0.05) is 91.0 Å². The molecule has 1 aliphatic carbocycles. The SMILES string of the molecule is c1ccc(N(c2ccccc2)c2ccc(-n3c4cc5ccccc5cc4c4c5c6c(cccc6cc43)-c3nc4ccccc4nc3-5)cc2)cc1.